The Hall–Kier alpha value is -0.640. The van der Waals surface area contributed by atoms with Gasteiger partial charge >= 0.3 is 0 Å². The normalized spacial score (nSPS) is 17.4. The van der Waals surface area contributed by atoms with E-state index in [0.717, 1.165) is 13.1 Å². The van der Waals surface area contributed by atoms with Gasteiger partial charge in [0.1, 0.15) is 0 Å². The fourth-order valence-corrected chi connectivity index (χ4v) is 4.28. The molecule has 0 saturated carbocycles. The Morgan fingerprint density at radius 3 is 2.44 bits per heavy atom. The van der Waals surface area contributed by atoms with Crippen LogP contribution in [-0.4, -0.2) is 13.1 Å². The Balaban J connectivity index is 1.77. The Bertz CT molecular complexity index is 516. The van der Waals surface area contributed by atoms with E-state index < -0.39 is 0 Å². The Kier molecular flexibility index (Phi) is 3.55. The van der Waals surface area contributed by atoms with Crippen LogP contribution in [0.15, 0.2) is 46.3 Å². The van der Waals surface area contributed by atoms with Crippen molar-refractivity contribution in [2.24, 2.45) is 5.41 Å². The van der Waals surface area contributed by atoms with Gasteiger partial charge in [0, 0.05) is 27.9 Å². The average molecular weight is 322 g/mol. The molecule has 1 aromatic carbocycles. The van der Waals surface area contributed by atoms with Crippen molar-refractivity contribution in [1.82, 2.24) is 5.32 Å². The lowest BCUT2D eigenvalue weighted by atomic mass is 9.73. The molecule has 1 aromatic heterocycles. The highest BCUT2D eigenvalue weighted by molar-refractivity contribution is 9.10. The van der Waals surface area contributed by atoms with Crippen LogP contribution < -0.4 is 5.32 Å². The quantitative estimate of drug-likeness (QED) is 0.901. The van der Waals surface area contributed by atoms with Crippen molar-refractivity contribution < 1.29 is 0 Å². The van der Waals surface area contributed by atoms with E-state index in [2.05, 4.69) is 63.0 Å². The van der Waals surface area contributed by atoms with Crippen LogP contribution in [-0.2, 0) is 12.8 Å². The Morgan fingerprint density at radius 1 is 1.11 bits per heavy atom. The van der Waals surface area contributed by atoms with Crippen LogP contribution in [0.5, 0.6) is 0 Å². The summed E-state index contributed by atoms with van der Waals surface area (Å²) in [6.45, 7) is 2.26. The molecule has 94 valence electrons. The molecule has 1 nitrogen and oxygen atoms in total. The van der Waals surface area contributed by atoms with Crippen LogP contribution in [0.2, 0.25) is 0 Å². The number of benzene rings is 1. The molecule has 1 fully saturated rings. The van der Waals surface area contributed by atoms with Gasteiger partial charge in [-0.05, 0) is 45.8 Å². The molecule has 2 heterocycles. The second kappa shape index (κ2) is 5.16. The molecule has 0 atom stereocenters. The molecule has 1 aliphatic heterocycles. The molecule has 1 N–H and O–H groups in total. The van der Waals surface area contributed by atoms with E-state index in [1.165, 1.54) is 27.8 Å². The zero-order valence-corrected chi connectivity index (χ0v) is 12.6. The number of halogens is 1. The summed E-state index contributed by atoms with van der Waals surface area (Å²) in [4.78, 5) is 1.48. The maximum atomic E-state index is 3.65. The SMILES string of the molecule is Brc1ccsc1CC1(Cc2ccccc2)CNC1. The second-order valence-corrected chi connectivity index (χ2v) is 6.99. The fourth-order valence-electron chi connectivity index (χ4n) is 2.61. The predicted octanol–water partition coefficient (Wildman–Crippen LogP) is 3.89. The molecular weight excluding hydrogens is 306 g/mol. The molecule has 3 heteroatoms. The van der Waals surface area contributed by atoms with E-state index in [0.29, 0.717) is 5.41 Å². The van der Waals surface area contributed by atoms with Gasteiger partial charge in [-0.2, -0.15) is 0 Å². The lowest BCUT2D eigenvalue weighted by molar-refractivity contribution is 0.168. The lowest BCUT2D eigenvalue weighted by Gasteiger charge is -2.43. The minimum atomic E-state index is 0.411. The van der Waals surface area contributed by atoms with E-state index in [1.54, 1.807) is 0 Å². The monoisotopic (exact) mass is 321 g/mol. The van der Waals surface area contributed by atoms with Crippen molar-refractivity contribution in [1.29, 1.82) is 0 Å². The van der Waals surface area contributed by atoms with Crippen molar-refractivity contribution in [3.8, 4) is 0 Å². The molecule has 0 aliphatic carbocycles. The summed E-state index contributed by atoms with van der Waals surface area (Å²) in [5.74, 6) is 0. The Labute approximate surface area is 120 Å². The average Bonchev–Trinajstić information content (AvgIpc) is 2.73. The van der Waals surface area contributed by atoms with Crippen LogP contribution in [0.25, 0.3) is 0 Å². The van der Waals surface area contributed by atoms with Gasteiger partial charge in [0.25, 0.3) is 0 Å². The van der Waals surface area contributed by atoms with Crippen LogP contribution in [0.3, 0.4) is 0 Å². The van der Waals surface area contributed by atoms with Gasteiger partial charge in [0.15, 0.2) is 0 Å². The Morgan fingerprint density at radius 2 is 1.89 bits per heavy atom. The van der Waals surface area contributed by atoms with E-state index in [9.17, 15) is 0 Å². The van der Waals surface area contributed by atoms with E-state index in [1.807, 2.05) is 11.3 Å². The van der Waals surface area contributed by atoms with Crippen molar-refractivity contribution in [2.75, 3.05) is 13.1 Å². The molecular formula is C15H16BrNS. The molecule has 1 saturated heterocycles. The topological polar surface area (TPSA) is 12.0 Å². The lowest BCUT2D eigenvalue weighted by Crippen LogP contribution is -2.55. The standard InChI is InChI=1S/C15H16BrNS/c16-13-6-7-18-14(13)9-15(10-17-11-15)8-12-4-2-1-3-5-12/h1-7,17H,8-11H2. The molecule has 3 rings (SSSR count). The number of thiophene rings is 1. The highest BCUT2D eigenvalue weighted by Gasteiger charge is 2.37. The first-order valence-electron chi connectivity index (χ1n) is 6.24. The zero-order chi connectivity index (χ0) is 12.4. The first-order valence-corrected chi connectivity index (χ1v) is 7.91. The molecule has 0 radical (unpaired) electrons. The van der Waals surface area contributed by atoms with Gasteiger partial charge in [-0.25, -0.2) is 0 Å². The summed E-state index contributed by atoms with van der Waals surface area (Å²) in [6.07, 6.45) is 2.35. The first-order chi connectivity index (χ1) is 8.77. The van der Waals surface area contributed by atoms with E-state index >= 15 is 0 Å². The summed E-state index contributed by atoms with van der Waals surface area (Å²) in [5, 5.41) is 5.61. The minimum Gasteiger partial charge on any atom is -0.315 e. The first kappa shape index (κ1) is 12.4. The molecule has 0 amide bonds. The smallest absolute Gasteiger partial charge is 0.0314 e. The molecule has 1 aliphatic rings. The summed E-state index contributed by atoms with van der Waals surface area (Å²) >= 11 is 5.51. The van der Waals surface area contributed by atoms with Gasteiger partial charge in [-0.15, -0.1) is 11.3 Å². The van der Waals surface area contributed by atoms with E-state index in [4.69, 9.17) is 0 Å². The van der Waals surface area contributed by atoms with Crippen molar-refractivity contribution in [3.63, 3.8) is 0 Å². The van der Waals surface area contributed by atoms with Crippen molar-refractivity contribution in [2.45, 2.75) is 12.8 Å². The largest absolute Gasteiger partial charge is 0.315 e. The van der Waals surface area contributed by atoms with Crippen LogP contribution in [0.1, 0.15) is 10.4 Å². The van der Waals surface area contributed by atoms with Crippen molar-refractivity contribution in [3.05, 3.63) is 56.7 Å². The van der Waals surface area contributed by atoms with Crippen LogP contribution >= 0.6 is 27.3 Å². The molecule has 2 aromatic rings. The highest BCUT2D eigenvalue weighted by Crippen LogP contribution is 2.36. The number of nitrogens with one attached hydrogen (secondary N) is 1. The summed E-state index contributed by atoms with van der Waals surface area (Å²) in [5.41, 5.74) is 1.86. The summed E-state index contributed by atoms with van der Waals surface area (Å²) in [7, 11) is 0. The van der Waals surface area contributed by atoms with Gasteiger partial charge in [0.2, 0.25) is 0 Å². The molecule has 0 unspecified atom stereocenters. The number of hydrogen-bond acceptors (Lipinski definition) is 2. The summed E-state index contributed by atoms with van der Waals surface area (Å²) in [6, 6.07) is 13.0. The van der Waals surface area contributed by atoms with Gasteiger partial charge < -0.3 is 5.32 Å². The van der Waals surface area contributed by atoms with Gasteiger partial charge in [-0.3, -0.25) is 0 Å². The van der Waals surface area contributed by atoms with Gasteiger partial charge in [-0.1, -0.05) is 30.3 Å². The third-order valence-electron chi connectivity index (χ3n) is 3.65. The summed E-state index contributed by atoms with van der Waals surface area (Å²) < 4.78 is 1.27. The maximum Gasteiger partial charge on any atom is 0.0314 e. The third kappa shape index (κ3) is 2.53. The maximum absolute atomic E-state index is 3.65. The fraction of sp³-hybridized carbons (Fsp3) is 0.333. The predicted molar refractivity (Wildman–Crippen MR) is 81.2 cm³/mol. The van der Waals surface area contributed by atoms with Crippen LogP contribution in [0.4, 0.5) is 0 Å². The van der Waals surface area contributed by atoms with E-state index in [-0.39, 0.29) is 0 Å². The van der Waals surface area contributed by atoms with Crippen molar-refractivity contribution >= 4 is 27.3 Å². The molecule has 18 heavy (non-hydrogen) atoms. The van der Waals surface area contributed by atoms with Crippen LogP contribution in [0, 0.1) is 5.41 Å². The second-order valence-electron chi connectivity index (χ2n) is 5.13. The zero-order valence-electron chi connectivity index (χ0n) is 10.2. The molecule has 0 spiro atoms. The minimum absolute atomic E-state index is 0.411. The third-order valence-corrected chi connectivity index (χ3v) is 5.57. The number of rotatable bonds is 4. The highest BCUT2D eigenvalue weighted by atomic mass is 79.9. The number of hydrogen-bond donors (Lipinski definition) is 1. The molecule has 0 bridgehead atoms. The van der Waals surface area contributed by atoms with Gasteiger partial charge in [0.05, 0.1) is 0 Å².